The van der Waals surface area contributed by atoms with Crippen LogP contribution in [0.2, 0.25) is 0 Å². The number of hydrogen-bond acceptors (Lipinski definition) is 3. The van der Waals surface area contributed by atoms with Crippen LogP contribution in [0.15, 0.2) is 11.1 Å². The zero-order valence-corrected chi connectivity index (χ0v) is 14.2. The largest absolute Gasteiger partial charge is 0.481 e. The number of aliphatic carboxylic acids is 1. The van der Waals surface area contributed by atoms with Gasteiger partial charge >= 0.3 is 11.9 Å². The van der Waals surface area contributed by atoms with Crippen LogP contribution >= 0.6 is 0 Å². The van der Waals surface area contributed by atoms with E-state index in [9.17, 15) is 14.7 Å². The Morgan fingerprint density at radius 2 is 1.58 bits per heavy atom. The molecule has 7 saturated carbocycles. The Balaban J connectivity index is 1.60. The van der Waals surface area contributed by atoms with Gasteiger partial charge in [0.2, 0.25) is 0 Å². The Hall–Kier alpha value is -1.32. The molecule has 7 aliphatic carbocycles. The zero-order chi connectivity index (χ0) is 16.6. The van der Waals surface area contributed by atoms with Crippen molar-refractivity contribution < 1.29 is 19.4 Å². The van der Waals surface area contributed by atoms with Crippen LogP contribution in [0.5, 0.6) is 0 Å². The van der Waals surface area contributed by atoms with Crippen molar-refractivity contribution in [3.63, 3.8) is 0 Å². The molecule has 0 aromatic heterocycles. The van der Waals surface area contributed by atoms with Crippen molar-refractivity contribution in [2.75, 3.05) is 6.61 Å². The van der Waals surface area contributed by atoms with Gasteiger partial charge in [-0.3, -0.25) is 4.79 Å². The van der Waals surface area contributed by atoms with Gasteiger partial charge in [0.15, 0.2) is 0 Å². The first-order chi connectivity index (χ1) is 11.6. The molecule has 0 saturated heterocycles. The van der Waals surface area contributed by atoms with Crippen molar-refractivity contribution in [2.24, 2.45) is 47.3 Å². The van der Waals surface area contributed by atoms with Gasteiger partial charge in [0.1, 0.15) is 0 Å². The molecule has 0 amide bonds. The summed E-state index contributed by atoms with van der Waals surface area (Å²) in [5, 5.41) is 9.37. The van der Waals surface area contributed by atoms with Gasteiger partial charge in [-0.05, 0) is 86.4 Å². The first kappa shape index (κ1) is 15.0. The fourth-order valence-corrected chi connectivity index (χ4v) is 7.79. The van der Waals surface area contributed by atoms with E-state index >= 15 is 0 Å². The lowest BCUT2D eigenvalue weighted by atomic mass is 9.34. The van der Waals surface area contributed by atoms with Crippen LogP contribution in [0.1, 0.15) is 45.4 Å². The maximum Gasteiger partial charge on any atom is 0.334 e. The molecule has 8 bridgehead atoms. The van der Waals surface area contributed by atoms with Gasteiger partial charge in [-0.15, -0.1) is 0 Å². The van der Waals surface area contributed by atoms with Crippen LogP contribution < -0.4 is 0 Å². The number of rotatable bonds is 4. The van der Waals surface area contributed by atoms with E-state index in [1.165, 1.54) is 37.7 Å². The Kier molecular flexibility index (Phi) is 3.18. The third-order valence-electron chi connectivity index (χ3n) is 8.05. The van der Waals surface area contributed by atoms with Gasteiger partial charge in [-0.25, -0.2) is 4.79 Å². The Bertz CT molecular complexity index is 612. The quantitative estimate of drug-likeness (QED) is 0.635. The third kappa shape index (κ3) is 1.86. The minimum atomic E-state index is -0.910. The van der Waals surface area contributed by atoms with E-state index in [2.05, 4.69) is 0 Å². The van der Waals surface area contributed by atoms with E-state index < -0.39 is 5.97 Å². The van der Waals surface area contributed by atoms with Crippen LogP contribution in [0.25, 0.3) is 0 Å². The first-order valence-corrected chi connectivity index (χ1v) is 9.70. The minimum Gasteiger partial charge on any atom is -0.481 e. The highest BCUT2D eigenvalue weighted by Gasteiger charge is 2.65. The zero-order valence-electron chi connectivity index (χ0n) is 14.2. The van der Waals surface area contributed by atoms with Gasteiger partial charge in [-0.1, -0.05) is 5.57 Å². The van der Waals surface area contributed by atoms with Gasteiger partial charge in [0.25, 0.3) is 0 Å². The molecule has 4 heteroatoms. The highest BCUT2D eigenvalue weighted by molar-refractivity contribution is 5.94. The SMILES string of the molecule is CCOC(=O)/C(CC(=O)O)=C1/C2CC3C4CC5CC3C1C(C5)C4C2. The molecule has 0 spiro atoms. The number of carboxylic acids is 1. The molecule has 7 rings (SSSR count). The summed E-state index contributed by atoms with van der Waals surface area (Å²) < 4.78 is 5.25. The number of ether oxygens (including phenoxy) is 1. The summed E-state index contributed by atoms with van der Waals surface area (Å²) in [6, 6.07) is 0. The second-order valence-electron chi connectivity index (χ2n) is 8.81. The molecular formula is C20H26O4. The van der Waals surface area contributed by atoms with Crippen molar-refractivity contribution in [3.05, 3.63) is 11.1 Å². The number of allylic oxidation sites excluding steroid dienone is 1. The average molecular weight is 330 g/mol. The summed E-state index contributed by atoms with van der Waals surface area (Å²) in [7, 11) is 0. The summed E-state index contributed by atoms with van der Waals surface area (Å²) in [6.45, 7) is 2.10. The molecule has 0 heterocycles. The number of carbonyl (C=O) groups is 2. The summed E-state index contributed by atoms with van der Waals surface area (Å²) >= 11 is 0. The molecule has 4 atom stereocenters. The normalized spacial score (nSPS) is 48.7. The predicted molar refractivity (Wildman–Crippen MR) is 86.9 cm³/mol. The van der Waals surface area contributed by atoms with Crippen molar-refractivity contribution >= 4 is 11.9 Å². The van der Waals surface area contributed by atoms with Gasteiger partial charge in [0.05, 0.1) is 13.0 Å². The first-order valence-electron chi connectivity index (χ1n) is 9.70. The van der Waals surface area contributed by atoms with Crippen LogP contribution in [0, 0.1) is 47.3 Å². The molecule has 130 valence electrons. The topological polar surface area (TPSA) is 63.6 Å². The van der Waals surface area contributed by atoms with Crippen LogP contribution in [0.4, 0.5) is 0 Å². The molecule has 24 heavy (non-hydrogen) atoms. The molecule has 7 aliphatic rings. The van der Waals surface area contributed by atoms with Crippen LogP contribution in [0.3, 0.4) is 0 Å². The summed E-state index contributed by atoms with van der Waals surface area (Å²) in [5.41, 5.74) is 1.72. The molecule has 7 fully saturated rings. The lowest BCUT2D eigenvalue weighted by molar-refractivity contribution is -0.178. The average Bonchev–Trinajstić information content (AvgIpc) is 2.56. The summed E-state index contributed by atoms with van der Waals surface area (Å²) in [5.74, 6) is 4.62. The molecule has 0 radical (unpaired) electrons. The highest BCUT2D eigenvalue weighted by atomic mass is 16.5. The molecule has 0 aromatic carbocycles. The van der Waals surface area contributed by atoms with E-state index in [-0.39, 0.29) is 12.4 Å². The third-order valence-corrected chi connectivity index (χ3v) is 8.05. The van der Waals surface area contributed by atoms with E-state index in [1.54, 1.807) is 6.92 Å². The summed E-state index contributed by atoms with van der Waals surface area (Å²) in [4.78, 5) is 24.0. The highest BCUT2D eigenvalue weighted by Crippen LogP contribution is 2.72. The lowest BCUT2D eigenvalue weighted by Gasteiger charge is -2.70. The van der Waals surface area contributed by atoms with Gasteiger partial charge in [0, 0.05) is 5.57 Å². The van der Waals surface area contributed by atoms with Crippen LogP contribution in [-0.4, -0.2) is 23.7 Å². The van der Waals surface area contributed by atoms with E-state index in [1.807, 2.05) is 0 Å². The fourth-order valence-electron chi connectivity index (χ4n) is 7.79. The molecule has 0 aromatic rings. The van der Waals surface area contributed by atoms with Gasteiger partial charge < -0.3 is 9.84 Å². The molecule has 4 nitrogen and oxygen atoms in total. The Morgan fingerprint density at radius 1 is 1.00 bits per heavy atom. The maximum atomic E-state index is 12.6. The maximum absolute atomic E-state index is 12.6. The van der Waals surface area contributed by atoms with Crippen molar-refractivity contribution in [3.8, 4) is 0 Å². The molecular weight excluding hydrogens is 304 g/mol. The second kappa shape index (κ2) is 5.09. The number of esters is 1. The summed E-state index contributed by atoms with van der Waals surface area (Å²) in [6.07, 6.45) is 6.30. The van der Waals surface area contributed by atoms with Gasteiger partial charge in [-0.2, -0.15) is 0 Å². The van der Waals surface area contributed by atoms with Crippen LogP contribution in [-0.2, 0) is 14.3 Å². The second-order valence-corrected chi connectivity index (χ2v) is 8.81. The molecule has 1 N–H and O–H groups in total. The van der Waals surface area contributed by atoms with Crippen molar-refractivity contribution in [1.82, 2.24) is 0 Å². The number of carbonyl (C=O) groups excluding carboxylic acids is 1. The minimum absolute atomic E-state index is 0.164. The lowest BCUT2D eigenvalue weighted by Crippen LogP contribution is -2.63. The van der Waals surface area contributed by atoms with Crippen molar-refractivity contribution in [2.45, 2.75) is 45.4 Å². The number of carboxylic acid groups (broad SMARTS) is 1. The fraction of sp³-hybridized carbons (Fsp3) is 0.800. The number of hydrogen-bond donors (Lipinski definition) is 1. The van der Waals surface area contributed by atoms with Crippen molar-refractivity contribution in [1.29, 1.82) is 0 Å². The monoisotopic (exact) mass is 330 g/mol. The Labute approximate surface area is 142 Å². The standard InChI is InChI=1S/C20H26O4/c1-2-24-20(23)16(8-17(21)22)18-10-6-12-11-3-9-4-14(12)19(18)15(5-9)13(11)7-10/h9-15,19H,2-8H2,1H3,(H,21,22)/b18-16-. The Morgan fingerprint density at radius 3 is 2.17 bits per heavy atom. The van der Waals surface area contributed by atoms with E-state index in [0.29, 0.717) is 35.9 Å². The smallest absolute Gasteiger partial charge is 0.334 e. The molecule has 4 unspecified atom stereocenters. The predicted octanol–water partition coefficient (Wildman–Crippen LogP) is 3.27. The van der Waals surface area contributed by atoms with E-state index in [0.717, 1.165) is 23.7 Å². The molecule has 0 aliphatic heterocycles. The van der Waals surface area contributed by atoms with E-state index in [4.69, 9.17) is 4.74 Å².